The van der Waals surface area contributed by atoms with Crippen LogP contribution in [0, 0.1) is 12.3 Å². The summed E-state index contributed by atoms with van der Waals surface area (Å²) in [5.74, 6) is 0. The van der Waals surface area contributed by atoms with Gasteiger partial charge < -0.3 is 20.4 Å². The highest BCUT2D eigenvalue weighted by Crippen LogP contribution is 2.37. The van der Waals surface area contributed by atoms with Gasteiger partial charge in [0.1, 0.15) is 0 Å². The second kappa shape index (κ2) is 7.75. The summed E-state index contributed by atoms with van der Waals surface area (Å²) in [6, 6.07) is 4.30. The lowest BCUT2D eigenvalue weighted by Crippen LogP contribution is -2.46. The van der Waals surface area contributed by atoms with E-state index in [-0.39, 0.29) is 17.3 Å². The van der Waals surface area contributed by atoms with Gasteiger partial charge in [-0.3, -0.25) is 0 Å². The number of hydrogen-bond donors (Lipinski definition) is 4. The second-order valence-corrected chi connectivity index (χ2v) is 9.40. The molecule has 0 amide bonds. The van der Waals surface area contributed by atoms with Crippen molar-refractivity contribution in [2.75, 3.05) is 19.8 Å². The molecular weight excluding hydrogens is 316 g/mol. The van der Waals surface area contributed by atoms with Gasteiger partial charge in [-0.15, -0.1) is 0 Å². The fourth-order valence-corrected chi connectivity index (χ4v) is 3.25. The molecule has 4 nitrogen and oxygen atoms in total. The predicted octanol–water partition coefficient (Wildman–Crippen LogP) is 2.46. The van der Waals surface area contributed by atoms with Crippen LogP contribution in [-0.2, 0) is 17.3 Å². The third-order valence-electron chi connectivity index (χ3n) is 5.06. The minimum atomic E-state index is -1.31. The van der Waals surface area contributed by atoms with E-state index < -0.39 is 31.3 Å². The highest BCUT2D eigenvalue weighted by Gasteiger charge is 2.38. The predicted molar refractivity (Wildman–Crippen MR) is 102 cm³/mol. The van der Waals surface area contributed by atoms with E-state index in [1.54, 1.807) is 0 Å². The molecule has 4 heteroatoms. The number of aliphatic hydroxyl groups excluding tert-OH is 4. The van der Waals surface area contributed by atoms with Crippen LogP contribution in [0.3, 0.4) is 0 Å². The van der Waals surface area contributed by atoms with E-state index in [9.17, 15) is 20.4 Å². The first-order valence-electron chi connectivity index (χ1n) is 8.97. The van der Waals surface area contributed by atoms with Gasteiger partial charge in [0.05, 0.1) is 31.3 Å². The molecule has 0 aliphatic heterocycles. The van der Waals surface area contributed by atoms with Gasteiger partial charge in [0, 0.05) is 0 Å². The Balaban J connectivity index is 3.56. The molecule has 4 N–H and O–H groups in total. The third kappa shape index (κ3) is 4.82. The number of benzene rings is 1. The van der Waals surface area contributed by atoms with Gasteiger partial charge in [-0.1, -0.05) is 59.2 Å². The molecule has 25 heavy (non-hydrogen) atoms. The van der Waals surface area contributed by atoms with Gasteiger partial charge in [0.2, 0.25) is 0 Å². The maximum atomic E-state index is 10.8. The molecule has 0 radical (unpaired) electrons. The lowest BCUT2D eigenvalue weighted by molar-refractivity contribution is -0.0825. The zero-order valence-electron chi connectivity index (χ0n) is 16.8. The minimum Gasteiger partial charge on any atom is -0.396 e. The molecule has 1 unspecified atom stereocenters. The Kier molecular flexibility index (Phi) is 6.85. The van der Waals surface area contributed by atoms with Crippen molar-refractivity contribution in [3.05, 3.63) is 34.4 Å². The second-order valence-electron chi connectivity index (χ2n) is 9.40. The van der Waals surface area contributed by atoms with Gasteiger partial charge in [-0.2, -0.15) is 0 Å². The molecule has 0 aliphatic rings. The van der Waals surface area contributed by atoms with Gasteiger partial charge in [0.15, 0.2) is 0 Å². The Morgan fingerprint density at radius 3 is 1.44 bits per heavy atom. The molecule has 0 spiro atoms. The zero-order chi connectivity index (χ0) is 19.6. The van der Waals surface area contributed by atoms with Gasteiger partial charge in [-0.25, -0.2) is 0 Å². The van der Waals surface area contributed by atoms with Gasteiger partial charge >= 0.3 is 0 Å². The largest absolute Gasteiger partial charge is 0.396 e. The lowest BCUT2D eigenvalue weighted by atomic mass is 9.72. The van der Waals surface area contributed by atoms with Gasteiger partial charge in [-0.05, 0) is 40.9 Å². The van der Waals surface area contributed by atoms with E-state index in [1.165, 1.54) is 5.56 Å². The van der Waals surface area contributed by atoms with Crippen molar-refractivity contribution in [1.29, 1.82) is 0 Å². The summed E-state index contributed by atoms with van der Waals surface area (Å²) < 4.78 is 0. The lowest BCUT2D eigenvalue weighted by Gasteiger charge is -2.36. The first kappa shape index (κ1) is 22.1. The molecule has 0 bridgehead atoms. The van der Waals surface area contributed by atoms with E-state index in [4.69, 9.17) is 0 Å². The molecule has 0 aliphatic carbocycles. The molecule has 0 saturated heterocycles. The molecular formula is C21H36O4. The Hall–Kier alpha value is -0.940. The summed E-state index contributed by atoms with van der Waals surface area (Å²) in [6.45, 7) is 13.5. The molecule has 1 rings (SSSR count). The summed E-state index contributed by atoms with van der Waals surface area (Å²) in [7, 11) is 0. The Labute approximate surface area is 152 Å². The van der Waals surface area contributed by atoms with Crippen LogP contribution in [0.4, 0.5) is 0 Å². The first-order valence-corrected chi connectivity index (χ1v) is 8.97. The van der Waals surface area contributed by atoms with Gasteiger partial charge in [0.25, 0.3) is 0 Å². The number of aryl methyl sites for hydroxylation is 1. The van der Waals surface area contributed by atoms with E-state index in [0.717, 1.165) is 16.7 Å². The first-order chi connectivity index (χ1) is 11.3. The summed E-state index contributed by atoms with van der Waals surface area (Å²) >= 11 is 0. The van der Waals surface area contributed by atoms with Crippen LogP contribution < -0.4 is 0 Å². The molecule has 0 aromatic heterocycles. The van der Waals surface area contributed by atoms with Crippen molar-refractivity contribution >= 4 is 0 Å². The van der Waals surface area contributed by atoms with E-state index in [1.807, 2.05) is 0 Å². The van der Waals surface area contributed by atoms with Crippen LogP contribution in [0.5, 0.6) is 0 Å². The summed E-state index contributed by atoms with van der Waals surface area (Å²) in [6.07, 6.45) is -0.765. The van der Waals surface area contributed by atoms with Crippen LogP contribution in [0.15, 0.2) is 12.1 Å². The summed E-state index contributed by atoms with van der Waals surface area (Å²) in [4.78, 5) is 0. The van der Waals surface area contributed by atoms with Crippen molar-refractivity contribution in [2.45, 2.75) is 71.8 Å². The van der Waals surface area contributed by atoms with Crippen molar-refractivity contribution in [2.24, 2.45) is 5.41 Å². The summed E-state index contributed by atoms with van der Waals surface area (Å²) in [5, 5.41) is 39.7. The van der Waals surface area contributed by atoms with Crippen LogP contribution >= 0.6 is 0 Å². The highest BCUT2D eigenvalue weighted by molar-refractivity contribution is 5.46. The van der Waals surface area contributed by atoms with Crippen LogP contribution in [0.1, 0.15) is 63.8 Å². The Morgan fingerprint density at radius 1 is 0.800 bits per heavy atom. The average molecular weight is 353 g/mol. The number of aliphatic hydroxyl groups is 4. The van der Waals surface area contributed by atoms with Crippen molar-refractivity contribution in [1.82, 2.24) is 0 Å². The average Bonchev–Trinajstić information content (AvgIpc) is 2.49. The highest BCUT2D eigenvalue weighted by atomic mass is 16.3. The van der Waals surface area contributed by atoms with Crippen molar-refractivity contribution in [3.8, 4) is 0 Å². The fourth-order valence-electron chi connectivity index (χ4n) is 3.25. The summed E-state index contributed by atoms with van der Waals surface area (Å²) in [5.41, 5.74) is 2.99. The monoisotopic (exact) mass is 352 g/mol. The maximum Gasteiger partial charge on any atom is 0.0703 e. The fraction of sp³-hybridized carbons (Fsp3) is 0.714. The molecule has 1 atom stereocenters. The third-order valence-corrected chi connectivity index (χ3v) is 5.06. The molecule has 1 aromatic carbocycles. The smallest absolute Gasteiger partial charge is 0.0703 e. The minimum absolute atomic E-state index is 0.110. The molecule has 0 heterocycles. The van der Waals surface area contributed by atoms with Crippen LogP contribution in [-0.4, -0.2) is 46.4 Å². The molecule has 144 valence electrons. The van der Waals surface area contributed by atoms with Crippen molar-refractivity contribution < 1.29 is 20.4 Å². The van der Waals surface area contributed by atoms with Crippen LogP contribution in [0.2, 0.25) is 0 Å². The quantitative estimate of drug-likeness (QED) is 0.634. The topological polar surface area (TPSA) is 80.9 Å². The zero-order valence-corrected chi connectivity index (χ0v) is 16.8. The normalized spacial score (nSPS) is 14.7. The Morgan fingerprint density at radius 2 is 1.16 bits per heavy atom. The van der Waals surface area contributed by atoms with Crippen LogP contribution in [0.25, 0.3) is 0 Å². The molecule has 0 saturated carbocycles. The molecule has 1 aromatic rings. The van der Waals surface area contributed by atoms with E-state index >= 15 is 0 Å². The number of rotatable bonds is 6. The Bertz CT molecular complexity index is 531. The maximum absolute atomic E-state index is 10.8. The number of hydrogen-bond acceptors (Lipinski definition) is 4. The van der Waals surface area contributed by atoms with Crippen molar-refractivity contribution in [3.63, 3.8) is 0 Å². The van der Waals surface area contributed by atoms with E-state index in [0.29, 0.717) is 0 Å². The standard InChI is InChI=1S/C21H36O4/c1-14-8-16(19(2,3)4)15(17(9-14)20(5,6)7)10-18(25)21(11-22,12-23)13-24/h8-9,18,22-25H,10-13H2,1-7H3. The molecule has 0 fully saturated rings. The SMILES string of the molecule is Cc1cc(C(C)(C)C)c(CC(O)C(CO)(CO)CO)c(C(C)(C)C)c1. The van der Waals surface area contributed by atoms with E-state index in [2.05, 4.69) is 60.6 Å².